The van der Waals surface area contributed by atoms with E-state index in [2.05, 4.69) is 26.6 Å². The van der Waals surface area contributed by atoms with E-state index >= 15 is 0 Å². The van der Waals surface area contributed by atoms with Crippen molar-refractivity contribution in [2.24, 2.45) is 5.92 Å². The Morgan fingerprint density at radius 1 is 1.38 bits per heavy atom. The predicted molar refractivity (Wildman–Crippen MR) is 82.4 cm³/mol. The van der Waals surface area contributed by atoms with Gasteiger partial charge in [-0.3, -0.25) is 0 Å². The lowest BCUT2D eigenvalue weighted by Gasteiger charge is -2.18. The van der Waals surface area contributed by atoms with Crippen LogP contribution in [-0.4, -0.2) is 36.3 Å². The maximum absolute atomic E-state index is 11.6. The van der Waals surface area contributed by atoms with E-state index in [-0.39, 0.29) is 12.5 Å². The average Bonchev–Trinajstić information content (AvgIpc) is 2.40. The maximum atomic E-state index is 11.6. The lowest BCUT2D eigenvalue weighted by Crippen LogP contribution is -2.49. The Balaban J connectivity index is 2.29. The van der Waals surface area contributed by atoms with Gasteiger partial charge in [0.1, 0.15) is 18.4 Å². The molecule has 1 atom stereocenters. The lowest BCUT2D eigenvalue weighted by molar-refractivity contribution is -0.140. The van der Waals surface area contributed by atoms with Crippen LogP contribution in [0.2, 0.25) is 0 Å². The van der Waals surface area contributed by atoms with Crippen molar-refractivity contribution in [2.75, 3.05) is 13.2 Å². The number of rotatable bonds is 7. The van der Waals surface area contributed by atoms with E-state index in [4.69, 9.17) is 9.84 Å². The molecule has 1 aromatic rings. The first-order valence-electron chi connectivity index (χ1n) is 6.55. The fourth-order valence-corrected chi connectivity index (χ4v) is 1.97. The molecule has 0 bridgehead atoms. The van der Waals surface area contributed by atoms with Crippen molar-refractivity contribution in [2.45, 2.75) is 19.9 Å². The average molecular weight is 359 g/mol. The number of nitrogens with one attached hydrogen (secondary N) is 2. The molecule has 0 aliphatic rings. The fraction of sp³-hybridized carbons (Fsp3) is 0.429. The second-order valence-corrected chi connectivity index (χ2v) is 5.68. The van der Waals surface area contributed by atoms with E-state index in [1.165, 1.54) is 0 Å². The van der Waals surface area contributed by atoms with Gasteiger partial charge >= 0.3 is 12.0 Å². The van der Waals surface area contributed by atoms with E-state index in [1.807, 2.05) is 24.3 Å². The SMILES string of the molecule is CC(C)C(NC(=O)NCCOc1cccc(Br)c1)C(=O)O. The van der Waals surface area contributed by atoms with Gasteiger partial charge in [0.15, 0.2) is 0 Å². The summed E-state index contributed by atoms with van der Waals surface area (Å²) in [6.45, 7) is 4.04. The fourth-order valence-electron chi connectivity index (χ4n) is 1.60. The molecule has 1 rings (SSSR count). The molecule has 7 heteroatoms. The molecule has 1 unspecified atom stereocenters. The number of carbonyl (C=O) groups excluding carboxylic acids is 1. The molecule has 1 aromatic carbocycles. The van der Waals surface area contributed by atoms with Crippen molar-refractivity contribution < 1.29 is 19.4 Å². The number of carboxylic acid groups (broad SMARTS) is 1. The van der Waals surface area contributed by atoms with Crippen molar-refractivity contribution >= 4 is 27.9 Å². The summed E-state index contributed by atoms with van der Waals surface area (Å²) in [4.78, 5) is 22.5. The van der Waals surface area contributed by atoms with Gasteiger partial charge in [0.2, 0.25) is 0 Å². The molecule has 0 radical (unpaired) electrons. The molecule has 0 aromatic heterocycles. The second kappa shape index (κ2) is 8.51. The third-order valence-electron chi connectivity index (χ3n) is 2.67. The Labute approximate surface area is 132 Å². The van der Waals surface area contributed by atoms with Crippen molar-refractivity contribution in [1.29, 1.82) is 0 Å². The molecule has 2 amide bonds. The zero-order valence-electron chi connectivity index (χ0n) is 11.9. The molecule has 116 valence electrons. The summed E-state index contributed by atoms with van der Waals surface area (Å²) in [5.74, 6) is -0.547. The first-order valence-corrected chi connectivity index (χ1v) is 7.35. The number of carboxylic acids is 1. The van der Waals surface area contributed by atoms with Gasteiger partial charge in [-0.2, -0.15) is 0 Å². The normalized spacial score (nSPS) is 11.8. The smallest absolute Gasteiger partial charge is 0.326 e. The first-order chi connectivity index (χ1) is 9.90. The molecule has 0 fully saturated rings. The third kappa shape index (κ3) is 6.48. The number of benzene rings is 1. The molecule has 0 saturated heterocycles. The van der Waals surface area contributed by atoms with Gasteiger partial charge in [-0.15, -0.1) is 0 Å². The van der Waals surface area contributed by atoms with Crippen LogP contribution in [0.1, 0.15) is 13.8 Å². The number of amides is 2. The van der Waals surface area contributed by atoms with Gasteiger partial charge < -0.3 is 20.5 Å². The summed E-state index contributed by atoms with van der Waals surface area (Å²) < 4.78 is 6.36. The van der Waals surface area contributed by atoms with Gasteiger partial charge in [0.05, 0.1) is 6.54 Å². The highest BCUT2D eigenvalue weighted by atomic mass is 79.9. The number of halogens is 1. The topological polar surface area (TPSA) is 87.7 Å². The summed E-state index contributed by atoms with van der Waals surface area (Å²) in [6.07, 6.45) is 0. The number of urea groups is 1. The number of hydrogen-bond acceptors (Lipinski definition) is 3. The van der Waals surface area contributed by atoms with Gasteiger partial charge in [-0.25, -0.2) is 9.59 Å². The van der Waals surface area contributed by atoms with Crippen LogP contribution < -0.4 is 15.4 Å². The molecular weight excluding hydrogens is 340 g/mol. The summed E-state index contributed by atoms with van der Waals surface area (Å²) in [5.41, 5.74) is 0. The van der Waals surface area contributed by atoms with Crippen molar-refractivity contribution in [3.63, 3.8) is 0 Å². The van der Waals surface area contributed by atoms with Gasteiger partial charge in [0.25, 0.3) is 0 Å². The highest BCUT2D eigenvalue weighted by molar-refractivity contribution is 9.10. The number of hydrogen-bond donors (Lipinski definition) is 3. The number of aliphatic carboxylic acids is 1. The maximum Gasteiger partial charge on any atom is 0.326 e. The predicted octanol–water partition coefficient (Wildman–Crippen LogP) is 2.24. The summed E-state index contributed by atoms with van der Waals surface area (Å²) in [6, 6.07) is 5.93. The molecule has 0 heterocycles. The first kappa shape index (κ1) is 17.3. The van der Waals surface area contributed by atoms with Crippen LogP contribution in [0.15, 0.2) is 28.7 Å². The minimum absolute atomic E-state index is 0.189. The Hall–Kier alpha value is -1.76. The van der Waals surface area contributed by atoms with Crippen LogP contribution in [0.5, 0.6) is 5.75 Å². The molecule has 0 spiro atoms. The van der Waals surface area contributed by atoms with Crippen LogP contribution >= 0.6 is 15.9 Å². The quantitative estimate of drug-likeness (QED) is 0.652. The summed E-state index contributed by atoms with van der Waals surface area (Å²) in [5, 5.41) is 13.9. The highest BCUT2D eigenvalue weighted by Gasteiger charge is 2.22. The minimum atomic E-state index is -1.05. The van der Waals surface area contributed by atoms with Crippen LogP contribution in [0.3, 0.4) is 0 Å². The minimum Gasteiger partial charge on any atom is -0.492 e. The highest BCUT2D eigenvalue weighted by Crippen LogP contribution is 2.17. The molecule has 0 aliphatic heterocycles. The van der Waals surface area contributed by atoms with E-state index in [0.29, 0.717) is 12.4 Å². The van der Waals surface area contributed by atoms with E-state index in [9.17, 15) is 9.59 Å². The second-order valence-electron chi connectivity index (χ2n) is 4.77. The van der Waals surface area contributed by atoms with Crippen LogP contribution in [0.4, 0.5) is 4.79 Å². The van der Waals surface area contributed by atoms with Crippen LogP contribution in [0.25, 0.3) is 0 Å². The van der Waals surface area contributed by atoms with Gasteiger partial charge in [-0.1, -0.05) is 35.8 Å². The third-order valence-corrected chi connectivity index (χ3v) is 3.16. The van der Waals surface area contributed by atoms with Crippen molar-refractivity contribution in [1.82, 2.24) is 10.6 Å². The molecule has 0 saturated carbocycles. The summed E-state index contributed by atoms with van der Waals surface area (Å²) >= 11 is 3.33. The Morgan fingerprint density at radius 3 is 2.67 bits per heavy atom. The van der Waals surface area contributed by atoms with E-state index in [1.54, 1.807) is 13.8 Å². The Morgan fingerprint density at radius 2 is 2.10 bits per heavy atom. The molecule has 21 heavy (non-hydrogen) atoms. The lowest BCUT2D eigenvalue weighted by atomic mass is 10.1. The molecular formula is C14H19BrN2O4. The van der Waals surface area contributed by atoms with Gasteiger partial charge in [0, 0.05) is 4.47 Å². The molecule has 6 nitrogen and oxygen atoms in total. The Kier molecular flexibility index (Phi) is 7.01. The van der Waals surface area contributed by atoms with Crippen LogP contribution in [0, 0.1) is 5.92 Å². The standard InChI is InChI=1S/C14H19BrN2O4/c1-9(2)12(13(18)19)17-14(20)16-6-7-21-11-5-3-4-10(15)8-11/h3-5,8-9,12H,6-7H2,1-2H3,(H,18,19)(H2,16,17,20). The Bertz CT molecular complexity index is 494. The molecule has 0 aliphatic carbocycles. The number of ether oxygens (including phenoxy) is 1. The summed E-state index contributed by atoms with van der Waals surface area (Å²) in [7, 11) is 0. The van der Waals surface area contributed by atoms with Crippen molar-refractivity contribution in [3.05, 3.63) is 28.7 Å². The van der Waals surface area contributed by atoms with E-state index in [0.717, 1.165) is 4.47 Å². The van der Waals surface area contributed by atoms with Crippen LogP contribution in [-0.2, 0) is 4.79 Å². The van der Waals surface area contributed by atoms with E-state index < -0.39 is 18.0 Å². The van der Waals surface area contributed by atoms with Gasteiger partial charge in [-0.05, 0) is 24.1 Å². The van der Waals surface area contributed by atoms with Crippen molar-refractivity contribution in [3.8, 4) is 5.75 Å². The largest absolute Gasteiger partial charge is 0.492 e. The zero-order chi connectivity index (χ0) is 15.8. The monoisotopic (exact) mass is 358 g/mol. The zero-order valence-corrected chi connectivity index (χ0v) is 13.5. The molecule has 3 N–H and O–H groups in total. The number of carbonyl (C=O) groups is 2.